The number of aromatic nitrogens is 2. The molecule has 38 heavy (non-hydrogen) atoms. The Morgan fingerprint density at radius 3 is 2.13 bits per heavy atom. The molecule has 200 valence electrons. The molecule has 1 atom stereocenters. The molecule has 4 heterocycles. The van der Waals surface area contributed by atoms with Gasteiger partial charge in [0.2, 0.25) is 0 Å². The molecule has 5 nitrogen and oxygen atoms in total. The van der Waals surface area contributed by atoms with E-state index >= 15 is 0 Å². The van der Waals surface area contributed by atoms with Crippen LogP contribution in [0.1, 0.15) is 105 Å². The van der Waals surface area contributed by atoms with Crippen LogP contribution >= 0.6 is 66.3 Å². The molecule has 2 aliphatic rings. The first-order valence-corrected chi connectivity index (χ1v) is 17.3. The molecule has 10 heteroatoms. The van der Waals surface area contributed by atoms with Crippen molar-refractivity contribution >= 4 is 83.3 Å². The molecule has 0 spiro atoms. The number of nitrogens with zero attached hydrogens (tertiary/aromatic N) is 3. The van der Waals surface area contributed by atoms with E-state index in [0.717, 1.165) is 46.7 Å². The molecule has 3 aromatic rings. The van der Waals surface area contributed by atoms with Crippen LogP contribution in [-0.4, -0.2) is 19.3 Å². The average Bonchev–Trinajstić information content (AvgIpc) is 3.68. The quantitative estimate of drug-likeness (QED) is 0.132. The fourth-order valence-corrected chi connectivity index (χ4v) is 8.88. The lowest BCUT2D eigenvalue weighted by Gasteiger charge is -2.19. The van der Waals surface area contributed by atoms with Crippen LogP contribution in [0.3, 0.4) is 0 Å². The van der Waals surface area contributed by atoms with Crippen LogP contribution in [-0.2, 0) is 4.79 Å². The number of ketones is 1. The molecule has 0 radical (unpaired) electrons. The lowest BCUT2D eigenvalue weighted by Crippen LogP contribution is -2.23. The summed E-state index contributed by atoms with van der Waals surface area (Å²) in [5, 5.41) is 0. The Labute approximate surface area is 252 Å². The van der Waals surface area contributed by atoms with Crippen LogP contribution in [0.25, 0.3) is 11.3 Å². The number of hydrogen-bond donors (Lipinski definition) is 0. The zero-order chi connectivity index (χ0) is 26.6. The Kier molecular flexibility index (Phi) is 9.57. The Morgan fingerprint density at radius 1 is 0.842 bits per heavy atom. The lowest BCUT2D eigenvalue weighted by molar-refractivity contribution is -0.397. The molecule has 1 aliphatic heterocycles. The molecule has 0 aromatic carbocycles. The summed E-state index contributed by atoms with van der Waals surface area (Å²) in [6, 6.07) is 7.81. The van der Waals surface area contributed by atoms with Crippen molar-refractivity contribution in [2.75, 3.05) is 0 Å². The molecule has 0 fully saturated rings. The van der Waals surface area contributed by atoms with Crippen LogP contribution in [0, 0.1) is 4.91 Å². The molecule has 0 bridgehead atoms. The maximum Gasteiger partial charge on any atom is 0.290 e. The van der Waals surface area contributed by atoms with Gasteiger partial charge in [0.1, 0.15) is 22.1 Å². The van der Waals surface area contributed by atoms with Gasteiger partial charge in [0, 0.05) is 16.2 Å². The number of allylic oxidation sites excluding steroid dienone is 3. The van der Waals surface area contributed by atoms with Gasteiger partial charge in [0.15, 0.2) is 5.78 Å². The topological polar surface area (TPSA) is 62.9 Å². The molecule has 0 N–H and O–H groups in total. The first-order valence-electron chi connectivity index (χ1n) is 13.3. The van der Waals surface area contributed by atoms with Gasteiger partial charge in [-0.05, 0) is 62.5 Å². The SMILES string of the molecule is CCCCCCCCCCCCC1=C2C(=O)C(c3ccc(Br)s3)c3nsnc3C2=C(c2ccc(Br)s2)[N+]1=O. The molecular formula is C28H30Br2N3O2S3+. The van der Waals surface area contributed by atoms with Gasteiger partial charge in [0.25, 0.3) is 11.4 Å². The highest BCUT2D eigenvalue weighted by Crippen LogP contribution is 2.52. The summed E-state index contributed by atoms with van der Waals surface area (Å²) in [7, 11) is 0. The van der Waals surface area contributed by atoms with Crippen LogP contribution in [0.15, 0.2) is 43.1 Å². The van der Waals surface area contributed by atoms with Crippen LogP contribution in [0.5, 0.6) is 0 Å². The Morgan fingerprint density at radius 2 is 1.50 bits per heavy atom. The highest BCUT2D eigenvalue weighted by atomic mass is 79.9. The highest BCUT2D eigenvalue weighted by molar-refractivity contribution is 9.11. The summed E-state index contributed by atoms with van der Waals surface area (Å²) in [4.78, 5) is 29.8. The van der Waals surface area contributed by atoms with Crippen molar-refractivity contribution in [1.82, 2.24) is 8.75 Å². The zero-order valence-electron chi connectivity index (χ0n) is 21.3. The van der Waals surface area contributed by atoms with Gasteiger partial charge in [-0.1, -0.05) is 64.7 Å². The first kappa shape index (κ1) is 28.2. The minimum Gasteiger partial charge on any atom is -0.293 e. The molecule has 0 saturated heterocycles. The molecule has 3 aromatic heterocycles. The van der Waals surface area contributed by atoms with Crippen LogP contribution in [0.4, 0.5) is 0 Å². The summed E-state index contributed by atoms with van der Waals surface area (Å²) in [6.07, 6.45) is 12.9. The number of halogens is 2. The van der Waals surface area contributed by atoms with E-state index in [9.17, 15) is 9.70 Å². The molecule has 1 unspecified atom stereocenters. The second kappa shape index (κ2) is 12.9. The van der Waals surface area contributed by atoms with Crippen LogP contribution < -0.4 is 0 Å². The van der Waals surface area contributed by atoms with E-state index in [1.807, 2.05) is 24.3 Å². The minimum atomic E-state index is -0.524. The van der Waals surface area contributed by atoms with E-state index in [0.29, 0.717) is 40.3 Å². The molecular weight excluding hydrogens is 666 g/mol. The Bertz CT molecular complexity index is 1400. The number of thiophene rings is 2. The number of carbonyl (C=O) groups is 1. The zero-order valence-corrected chi connectivity index (χ0v) is 26.9. The van der Waals surface area contributed by atoms with Gasteiger partial charge in [-0.25, -0.2) is 0 Å². The molecule has 5 rings (SSSR count). The number of rotatable bonds is 13. The van der Waals surface area contributed by atoms with Crippen molar-refractivity contribution in [1.29, 1.82) is 0 Å². The van der Waals surface area contributed by atoms with Crippen molar-refractivity contribution in [2.45, 2.75) is 83.5 Å². The monoisotopic (exact) mass is 694 g/mol. The first-order chi connectivity index (χ1) is 18.5. The van der Waals surface area contributed by atoms with Gasteiger partial charge in [-0.2, -0.15) is 8.75 Å². The van der Waals surface area contributed by atoms with E-state index in [2.05, 4.69) is 47.5 Å². The number of hydrogen-bond acceptors (Lipinski definition) is 7. The second-order valence-electron chi connectivity index (χ2n) is 9.81. The maximum atomic E-state index is 14.2. The highest BCUT2D eigenvalue weighted by Gasteiger charge is 2.53. The summed E-state index contributed by atoms with van der Waals surface area (Å²) >= 11 is 11.2. The van der Waals surface area contributed by atoms with Gasteiger partial charge in [-0.15, -0.1) is 22.7 Å². The van der Waals surface area contributed by atoms with Crippen molar-refractivity contribution in [3.8, 4) is 0 Å². The van der Waals surface area contributed by atoms with Gasteiger partial charge in [0.05, 0.1) is 35.3 Å². The predicted molar refractivity (Wildman–Crippen MR) is 165 cm³/mol. The summed E-state index contributed by atoms with van der Waals surface area (Å²) in [5.41, 5.74) is 3.67. The van der Waals surface area contributed by atoms with Gasteiger partial charge >= 0.3 is 0 Å². The van der Waals surface area contributed by atoms with Crippen molar-refractivity contribution < 1.29 is 9.55 Å². The standard InChI is InChI=1S/C28H30Br2N3O2S3/c1-2-3-4-5-6-7-8-9-10-11-12-17-22-24(27(33(17)35)19-14-16-21(30)37-19)26-25(31-38-32-26)23(28(22)34)18-13-15-20(29)36-18/h13-16,23H,2-12H2,1H3/q+1. The Hall–Kier alpha value is -1.33. The predicted octanol–water partition coefficient (Wildman–Crippen LogP) is 10.1. The minimum absolute atomic E-state index is 0.0388. The summed E-state index contributed by atoms with van der Waals surface area (Å²) in [6.45, 7) is 2.25. The number of fused-ring (bicyclic) bond motifs is 3. The smallest absolute Gasteiger partial charge is 0.290 e. The largest absolute Gasteiger partial charge is 0.293 e. The Balaban J connectivity index is 1.39. The molecule has 1 aliphatic carbocycles. The third-order valence-electron chi connectivity index (χ3n) is 7.21. The fraction of sp³-hybridized carbons (Fsp3) is 0.464. The third-order valence-corrected chi connectivity index (χ3v) is 11.1. The van der Waals surface area contributed by atoms with E-state index in [1.54, 1.807) is 0 Å². The van der Waals surface area contributed by atoms with Crippen molar-refractivity contribution in [3.05, 3.63) is 69.2 Å². The number of unbranched alkanes of at least 4 members (excludes halogenated alkanes) is 9. The van der Waals surface area contributed by atoms with E-state index in [-0.39, 0.29) is 5.78 Å². The van der Waals surface area contributed by atoms with Crippen molar-refractivity contribution in [3.63, 3.8) is 0 Å². The van der Waals surface area contributed by atoms with Crippen molar-refractivity contribution in [2.24, 2.45) is 0 Å². The summed E-state index contributed by atoms with van der Waals surface area (Å²) < 4.78 is 12.1. The summed E-state index contributed by atoms with van der Waals surface area (Å²) in [5.74, 6) is -0.563. The number of Topliss-reactive ketones (excluding diaryl/α,β-unsaturated/α-hetero) is 1. The number of nitroso groups, excluding NO2 is 1. The fourth-order valence-electron chi connectivity index (χ4n) is 5.34. The molecule has 0 amide bonds. The average molecular weight is 697 g/mol. The maximum absolute atomic E-state index is 14.2. The second-order valence-corrected chi connectivity index (χ2v) is 15.3. The van der Waals surface area contributed by atoms with E-state index < -0.39 is 5.92 Å². The van der Waals surface area contributed by atoms with Crippen LogP contribution in [0.2, 0.25) is 0 Å². The lowest BCUT2D eigenvalue weighted by atomic mass is 9.79. The van der Waals surface area contributed by atoms with E-state index in [1.165, 1.54) is 74.0 Å². The van der Waals surface area contributed by atoms with E-state index in [4.69, 9.17) is 0 Å². The normalized spacial score (nSPS) is 17.1. The number of carbonyl (C=O) groups excluding carboxylic acids is 1. The van der Waals surface area contributed by atoms with Gasteiger partial charge < -0.3 is 0 Å². The molecule has 0 saturated carbocycles. The van der Waals surface area contributed by atoms with Gasteiger partial charge in [-0.3, -0.25) is 4.79 Å². The third kappa shape index (κ3) is 5.75.